The molecule has 1 saturated carbocycles. The molecule has 0 amide bonds. The first-order chi connectivity index (χ1) is 9.04. The van der Waals surface area contributed by atoms with E-state index < -0.39 is 5.60 Å². The van der Waals surface area contributed by atoms with Gasteiger partial charge in [-0.2, -0.15) is 0 Å². The van der Waals surface area contributed by atoms with E-state index in [1.807, 2.05) is 6.92 Å². The molecule has 0 atom stereocenters. The monoisotopic (exact) mass is 303 g/mol. The second kappa shape index (κ2) is 6.16. The molecular weight excluding hydrogens is 285 g/mol. The van der Waals surface area contributed by atoms with E-state index in [0.717, 1.165) is 32.2 Å². The Kier molecular flexibility index (Phi) is 4.76. The standard InChI is InChI=1S/C13H19Cl2N3O/c1-2-16-11-9(14)7-10(15)12(18-11)17-8-13(19)5-3-4-6-13/h7,19H,2-6,8H2,1H3,(H2,16,17,18). The first-order valence-electron chi connectivity index (χ1n) is 6.60. The van der Waals surface area contributed by atoms with Gasteiger partial charge in [0, 0.05) is 13.1 Å². The van der Waals surface area contributed by atoms with Gasteiger partial charge < -0.3 is 15.7 Å². The van der Waals surface area contributed by atoms with Crippen LogP contribution in [-0.4, -0.2) is 28.8 Å². The summed E-state index contributed by atoms with van der Waals surface area (Å²) in [5.74, 6) is 1.16. The van der Waals surface area contributed by atoms with E-state index in [4.69, 9.17) is 23.2 Å². The van der Waals surface area contributed by atoms with E-state index in [2.05, 4.69) is 15.6 Å². The van der Waals surface area contributed by atoms with E-state index >= 15 is 0 Å². The maximum Gasteiger partial charge on any atom is 0.147 e. The predicted octanol–water partition coefficient (Wildman–Crippen LogP) is 3.54. The van der Waals surface area contributed by atoms with Crippen LogP contribution in [0.1, 0.15) is 32.6 Å². The molecule has 1 aliphatic carbocycles. The molecule has 1 aromatic rings. The minimum absolute atomic E-state index is 0.465. The molecule has 19 heavy (non-hydrogen) atoms. The summed E-state index contributed by atoms with van der Waals surface area (Å²) in [5, 5.41) is 17.5. The van der Waals surface area contributed by atoms with Crippen molar-refractivity contribution in [3.63, 3.8) is 0 Å². The van der Waals surface area contributed by atoms with Gasteiger partial charge in [0.2, 0.25) is 0 Å². The van der Waals surface area contributed by atoms with Crippen molar-refractivity contribution in [1.82, 2.24) is 4.98 Å². The number of anilines is 2. The highest BCUT2D eigenvalue weighted by Gasteiger charge is 2.31. The van der Waals surface area contributed by atoms with Gasteiger partial charge in [-0.15, -0.1) is 0 Å². The molecule has 4 nitrogen and oxygen atoms in total. The molecule has 1 heterocycles. The van der Waals surface area contributed by atoms with Gasteiger partial charge in [0.1, 0.15) is 11.6 Å². The van der Waals surface area contributed by atoms with Crippen LogP contribution in [0, 0.1) is 0 Å². The van der Waals surface area contributed by atoms with Crippen LogP contribution in [0.4, 0.5) is 11.6 Å². The number of nitrogens with one attached hydrogen (secondary N) is 2. The van der Waals surface area contributed by atoms with Gasteiger partial charge in [-0.25, -0.2) is 4.98 Å². The smallest absolute Gasteiger partial charge is 0.147 e. The Morgan fingerprint density at radius 2 is 1.79 bits per heavy atom. The van der Waals surface area contributed by atoms with Crippen molar-refractivity contribution >= 4 is 34.8 Å². The lowest BCUT2D eigenvalue weighted by Gasteiger charge is -2.23. The summed E-state index contributed by atoms with van der Waals surface area (Å²) in [7, 11) is 0. The predicted molar refractivity (Wildman–Crippen MR) is 80.3 cm³/mol. The van der Waals surface area contributed by atoms with Crippen molar-refractivity contribution in [1.29, 1.82) is 0 Å². The zero-order valence-electron chi connectivity index (χ0n) is 11.0. The first kappa shape index (κ1) is 14.7. The third-order valence-electron chi connectivity index (χ3n) is 3.39. The van der Waals surface area contributed by atoms with Gasteiger partial charge in [-0.3, -0.25) is 0 Å². The summed E-state index contributed by atoms with van der Waals surface area (Å²) in [6.07, 6.45) is 3.79. The van der Waals surface area contributed by atoms with Crippen molar-refractivity contribution in [2.45, 2.75) is 38.2 Å². The second-order valence-electron chi connectivity index (χ2n) is 4.96. The van der Waals surface area contributed by atoms with Crippen molar-refractivity contribution in [3.8, 4) is 0 Å². The lowest BCUT2D eigenvalue weighted by Crippen LogP contribution is -2.33. The molecule has 0 spiro atoms. The van der Waals surface area contributed by atoms with E-state index in [9.17, 15) is 5.11 Å². The zero-order valence-corrected chi connectivity index (χ0v) is 12.5. The largest absolute Gasteiger partial charge is 0.388 e. The third-order valence-corrected chi connectivity index (χ3v) is 3.97. The number of hydrogen-bond donors (Lipinski definition) is 3. The Morgan fingerprint density at radius 3 is 2.37 bits per heavy atom. The lowest BCUT2D eigenvalue weighted by molar-refractivity contribution is 0.0614. The van der Waals surface area contributed by atoms with Crippen molar-refractivity contribution in [2.75, 3.05) is 23.7 Å². The van der Waals surface area contributed by atoms with E-state index in [1.54, 1.807) is 6.07 Å². The summed E-state index contributed by atoms with van der Waals surface area (Å²) >= 11 is 12.2. The molecule has 6 heteroatoms. The minimum Gasteiger partial charge on any atom is -0.388 e. The molecule has 0 aromatic carbocycles. The fourth-order valence-electron chi connectivity index (χ4n) is 2.34. The molecule has 1 fully saturated rings. The number of aliphatic hydroxyl groups is 1. The molecule has 106 valence electrons. The van der Waals surface area contributed by atoms with Gasteiger partial charge in [0.25, 0.3) is 0 Å². The molecule has 0 aliphatic heterocycles. The summed E-state index contributed by atoms with van der Waals surface area (Å²) in [5.41, 5.74) is -0.636. The average Bonchev–Trinajstić information content (AvgIpc) is 2.79. The van der Waals surface area contributed by atoms with Crippen LogP contribution in [0.15, 0.2) is 6.07 Å². The fraction of sp³-hybridized carbons (Fsp3) is 0.615. The second-order valence-corrected chi connectivity index (χ2v) is 5.78. The minimum atomic E-state index is -0.636. The van der Waals surface area contributed by atoms with Crippen LogP contribution in [-0.2, 0) is 0 Å². The van der Waals surface area contributed by atoms with Crippen LogP contribution >= 0.6 is 23.2 Å². The Balaban J connectivity index is 2.08. The van der Waals surface area contributed by atoms with Gasteiger partial charge in [-0.1, -0.05) is 36.0 Å². The molecule has 0 radical (unpaired) electrons. The number of rotatable bonds is 5. The maximum atomic E-state index is 10.3. The Labute approximate surface area is 123 Å². The van der Waals surface area contributed by atoms with Crippen molar-refractivity contribution in [2.24, 2.45) is 0 Å². The number of hydrogen-bond acceptors (Lipinski definition) is 4. The molecular formula is C13H19Cl2N3O. The fourth-order valence-corrected chi connectivity index (χ4v) is 2.83. The highest BCUT2D eigenvalue weighted by Crippen LogP contribution is 2.32. The van der Waals surface area contributed by atoms with Crippen LogP contribution in [0.3, 0.4) is 0 Å². The lowest BCUT2D eigenvalue weighted by atomic mass is 10.0. The first-order valence-corrected chi connectivity index (χ1v) is 7.36. The molecule has 1 aliphatic rings. The summed E-state index contributed by atoms with van der Waals surface area (Å²) < 4.78 is 0. The van der Waals surface area contributed by atoms with Crippen LogP contribution in [0.2, 0.25) is 10.0 Å². The molecule has 2 rings (SSSR count). The number of halogens is 2. The van der Waals surface area contributed by atoms with E-state index in [-0.39, 0.29) is 0 Å². The van der Waals surface area contributed by atoms with E-state index in [0.29, 0.717) is 28.2 Å². The summed E-state index contributed by atoms with van der Waals surface area (Å²) in [4.78, 5) is 4.36. The van der Waals surface area contributed by atoms with Gasteiger partial charge >= 0.3 is 0 Å². The Morgan fingerprint density at radius 1 is 1.21 bits per heavy atom. The number of pyridine rings is 1. The number of aromatic nitrogens is 1. The quantitative estimate of drug-likeness (QED) is 0.779. The van der Waals surface area contributed by atoms with E-state index in [1.165, 1.54) is 0 Å². The van der Waals surface area contributed by atoms with Crippen LogP contribution < -0.4 is 10.6 Å². The molecule has 0 unspecified atom stereocenters. The number of nitrogens with zero attached hydrogens (tertiary/aromatic N) is 1. The van der Waals surface area contributed by atoms with Crippen molar-refractivity contribution < 1.29 is 5.11 Å². The Bertz CT molecular complexity index is 448. The topological polar surface area (TPSA) is 57.2 Å². The zero-order chi connectivity index (χ0) is 13.9. The van der Waals surface area contributed by atoms with Gasteiger partial charge in [-0.05, 0) is 25.8 Å². The van der Waals surface area contributed by atoms with Crippen LogP contribution in [0.25, 0.3) is 0 Å². The highest BCUT2D eigenvalue weighted by atomic mass is 35.5. The maximum absolute atomic E-state index is 10.3. The van der Waals surface area contributed by atoms with Gasteiger partial charge in [0.15, 0.2) is 0 Å². The molecule has 0 saturated heterocycles. The average molecular weight is 304 g/mol. The highest BCUT2D eigenvalue weighted by molar-refractivity contribution is 6.37. The van der Waals surface area contributed by atoms with Crippen LogP contribution in [0.5, 0.6) is 0 Å². The van der Waals surface area contributed by atoms with Crippen molar-refractivity contribution in [3.05, 3.63) is 16.1 Å². The molecule has 1 aromatic heterocycles. The SMILES string of the molecule is CCNc1nc(NCC2(O)CCCC2)c(Cl)cc1Cl. The van der Waals surface area contributed by atoms with Gasteiger partial charge in [0.05, 0.1) is 15.6 Å². The third kappa shape index (κ3) is 3.65. The molecule has 0 bridgehead atoms. The summed E-state index contributed by atoms with van der Waals surface area (Å²) in [6.45, 7) is 3.17. The summed E-state index contributed by atoms with van der Waals surface area (Å²) in [6, 6.07) is 1.66. The molecule has 3 N–H and O–H groups in total. The normalized spacial score (nSPS) is 17.5. The Hall–Kier alpha value is -0.710.